The van der Waals surface area contributed by atoms with Gasteiger partial charge in [0.15, 0.2) is 0 Å². The van der Waals surface area contributed by atoms with Crippen molar-refractivity contribution in [2.75, 3.05) is 11.9 Å². The number of carbonyl (C=O) groups is 2. The van der Waals surface area contributed by atoms with Gasteiger partial charge in [-0.05, 0) is 30.9 Å². The predicted octanol–water partition coefficient (Wildman–Crippen LogP) is 2.18. The van der Waals surface area contributed by atoms with E-state index in [2.05, 4.69) is 10.6 Å². The van der Waals surface area contributed by atoms with Crippen LogP contribution in [-0.2, 0) is 9.59 Å². The molecule has 0 aromatic heterocycles. The number of amides is 2. The summed E-state index contributed by atoms with van der Waals surface area (Å²) in [7, 11) is 0. The number of hydrogen-bond acceptors (Lipinski definition) is 2. The van der Waals surface area contributed by atoms with Gasteiger partial charge in [-0.1, -0.05) is 32.0 Å². The Labute approximate surface area is 113 Å². The van der Waals surface area contributed by atoms with Crippen LogP contribution in [0, 0.1) is 11.3 Å². The molecule has 0 radical (unpaired) electrons. The molecule has 1 fully saturated rings. The van der Waals surface area contributed by atoms with Crippen LogP contribution in [0.2, 0.25) is 0 Å². The fourth-order valence-electron chi connectivity index (χ4n) is 1.92. The quantitative estimate of drug-likeness (QED) is 0.797. The summed E-state index contributed by atoms with van der Waals surface area (Å²) in [5.74, 6) is 0.0477. The van der Waals surface area contributed by atoms with E-state index in [4.69, 9.17) is 0 Å². The zero-order valence-electron chi connectivity index (χ0n) is 11.4. The van der Waals surface area contributed by atoms with Crippen molar-refractivity contribution in [3.8, 4) is 0 Å². The van der Waals surface area contributed by atoms with Crippen LogP contribution >= 0.6 is 0 Å². The van der Waals surface area contributed by atoms with E-state index in [0.717, 1.165) is 5.69 Å². The van der Waals surface area contributed by atoms with Crippen molar-refractivity contribution >= 4 is 17.5 Å². The Morgan fingerprint density at radius 2 is 1.79 bits per heavy atom. The van der Waals surface area contributed by atoms with Gasteiger partial charge in [0.25, 0.3) is 0 Å². The van der Waals surface area contributed by atoms with E-state index in [9.17, 15) is 9.59 Å². The van der Waals surface area contributed by atoms with E-state index in [1.54, 1.807) is 0 Å². The lowest BCUT2D eigenvalue weighted by molar-refractivity contribution is -0.134. The summed E-state index contributed by atoms with van der Waals surface area (Å²) in [6.07, 6.45) is 1.27. The molecule has 2 amide bonds. The van der Waals surface area contributed by atoms with Crippen molar-refractivity contribution in [1.82, 2.24) is 5.32 Å². The number of anilines is 1. The molecule has 0 bridgehead atoms. The minimum absolute atomic E-state index is 0.144. The highest BCUT2D eigenvalue weighted by Gasteiger charge is 2.56. The molecule has 1 aliphatic rings. The van der Waals surface area contributed by atoms with Gasteiger partial charge < -0.3 is 10.6 Å². The van der Waals surface area contributed by atoms with Gasteiger partial charge in [0.2, 0.25) is 11.8 Å². The first kappa shape index (κ1) is 13.6. The first-order chi connectivity index (χ1) is 9.04. The lowest BCUT2D eigenvalue weighted by Gasteiger charge is -2.16. The molecule has 2 rings (SSSR count). The van der Waals surface area contributed by atoms with Gasteiger partial charge in [-0.25, -0.2) is 0 Å². The molecule has 0 atom stereocenters. The molecule has 0 spiro atoms. The Bertz CT molecular complexity index is 464. The summed E-state index contributed by atoms with van der Waals surface area (Å²) < 4.78 is 0. The van der Waals surface area contributed by atoms with Crippen LogP contribution in [0.1, 0.15) is 26.7 Å². The molecule has 1 saturated carbocycles. The van der Waals surface area contributed by atoms with E-state index in [0.29, 0.717) is 25.3 Å². The summed E-state index contributed by atoms with van der Waals surface area (Å²) >= 11 is 0. The van der Waals surface area contributed by atoms with Gasteiger partial charge in [-0.2, -0.15) is 0 Å². The Kier molecular flexibility index (Phi) is 3.88. The average Bonchev–Trinajstić information content (AvgIpc) is 3.18. The highest BCUT2D eigenvalue weighted by Crippen LogP contribution is 2.46. The third kappa shape index (κ3) is 3.13. The highest BCUT2D eigenvalue weighted by atomic mass is 16.2. The third-order valence-electron chi connectivity index (χ3n) is 3.32. The second-order valence-corrected chi connectivity index (χ2v) is 5.51. The summed E-state index contributed by atoms with van der Waals surface area (Å²) in [4.78, 5) is 24.3. The molecule has 1 aromatic rings. The van der Waals surface area contributed by atoms with Crippen LogP contribution in [0.15, 0.2) is 30.3 Å². The van der Waals surface area contributed by atoms with Crippen molar-refractivity contribution in [1.29, 1.82) is 0 Å². The number of hydrogen-bond donors (Lipinski definition) is 2. The largest absolute Gasteiger partial charge is 0.355 e. The molecule has 0 aliphatic heterocycles. The van der Waals surface area contributed by atoms with Gasteiger partial charge in [0, 0.05) is 12.2 Å². The van der Waals surface area contributed by atoms with Crippen molar-refractivity contribution in [3.05, 3.63) is 30.3 Å². The van der Waals surface area contributed by atoms with Crippen LogP contribution in [-0.4, -0.2) is 18.4 Å². The summed E-state index contributed by atoms with van der Waals surface area (Å²) in [6.45, 7) is 4.67. The Morgan fingerprint density at radius 3 is 2.32 bits per heavy atom. The van der Waals surface area contributed by atoms with Crippen molar-refractivity contribution in [3.63, 3.8) is 0 Å². The van der Waals surface area contributed by atoms with Crippen LogP contribution in [0.25, 0.3) is 0 Å². The molecule has 19 heavy (non-hydrogen) atoms. The zero-order chi connectivity index (χ0) is 13.9. The third-order valence-corrected chi connectivity index (χ3v) is 3.32. The second kappa shape index (κ2) is 5.43. The minimum Gasteiger partial charge on any atom is -0.355 e. The number of benzene rings is 1. The first-order valence-corrected chi connectivity index (χ1v) is 6.69. The normalized spacial score (nSPS) is 15.9. The molecule has 2 N–H and O–H groups in total. The molecule has 0 heterocycles. The maximum atomic E-state index is 12.2. The fraction of sp³-hybridized carbons (Fsp3) is 0.467. The lowest BCUT2D eigenvalue weighted by Crippen LogP contribution is -2.41. The molecule has 0 saturated heterocycles. The summed E-state index contributed by atoms with van der Waals surface area (Å²) in [5, 5.41) is 5.67. The van der Waals surface area contributed by atoms with Crippen LogP contribution in [0.5, 0.6) is 0 Å². The van der Waals surface area contributed by atoms with Gasteiger partial charge in [0.05, 0.1) is 0 Å². The molecule has 102 valence electrons. The van der Waals surface area contributed by atoms with Crippen molar-refractivity contribution in [2.24, 2.45) is 11.3 Å². The lowest BCUT2D eigenvalue weighted by atomic mass is 10.0. The fourth-order valence-corrected chi connectivity index (χ4v) is 1.92. The molecule has 4 heteroatoms. The van der Waals surface area contributed by atoms with Crippen LogP contribution in [0.4, 0.5) is 5.69 Å². The van der Waals surface area contributed by atoms with Gasteiger partial charge >= 0.3 is 0 Å². The number of rotatable bonds is 5. The molecule has 1 aliphatic carbocycles. The monoisotopic (exact) mass is 260 g/mol. The van der Waals surface area contributed by atoms with Crippen molar-refractivity contribution < 1.29 is 9.59 Å². The second-order valence-electron chi connectivity index (χ2n) is 5.51. The van der Waals surface area contributed by atoms with E-state index < -0.39 is 5.41 Å². The molecule has 0 unspecified atom stereocenters. The maximum Gasteiger partial charge on any atom is 0.240 e. The maximum absolute atomic E-state index is 12.2. The first-order valence-electron chi connectivity index (χ1n) is 6.69. The summed E-state index contributed by atoms with van der Waals surface area (Å²) in [6, 6.07) is 9.24. The minimum atomic E-state index is -0.843. The number of carbonyl (C=O) groups excluding carboxylic acids is 2. The van der Waals surface area contributed by atoms with Gasteiger partial charge in [-0.3, -0.25) is 9.59 Å². The van der Waals surface area contributed by atoms with Gasteiger partial charge in [0.1, 0.15) is 5.41 Å². The average molecular weight is 260 g/mol. The van der Waals surface area contributed by atoms with Crippen LogP contribution < -0.4 is 10.6 Å². The molecular formula is C15H20N2O2. The highest BCUT2D eigenvalue weighted by molar-refractivity contribution is 6.13. The van der Waals surface area contributed by atoms with E-state index in [1.165, 1.54) is 0 Å². The Balaban J connectivity index is 1.96. The van der Waals surface area contributed by atoms with E-state index >= 15 is 0 Å². The number of nitrogens with one attached hydrogen (secondary N) is 2. The molecule has 4 nitrogen and oxygen atoms in total. The van der Waals surface area contributed by atoms with E-state index in [-0.39, 0.29) is 11.8 Å². The topological polar surface area (TPSA) is 58.2 Å². The smallest absolute Gasteiger partial charge is 0.240 e. The standard InChI is InChI=1S/C15H20N2O2/c1-11(2)10-16-13(18)15(8-9-15)14(19)17-12-6-4-3-5-7-12/h3-7,11H,8-10H2,1-2H3,(H,16,18)(H,17,19). The predicted molar refractivity (Wildman–Crippen MR) is 74.6 cm³/mol. The zero-order valence-corrected chi connectivity index (χ0v) is 11.4. The molecular weight excluding hydrogens is 240 g/mol. The SMILES string of the molecule is CC(C)CNC(=O)C1(C(=O)Nc2ccccc2)CC1. The Morgan fingerprint density at radius 1 is 1.16 bits per heavy atom. The van der Waals surface area contributed by atoms with Crippen LogP contribution in [0.3, 0.4) is 0 Å². The van der Waals surface area contributed by atoms with Gasteiger partial charge in [-0.15, -0.1) is 0 Å². The number of para-hydroxylation sites is 1. The Hall–Kier alpha value is -1.84. The van der Waals surface area contributed by atoms with E-state index in [1.807, 2.05) is 44.2 Å². The van der Waals surface area contributed by atoms with Crippen molar-refractivity contribution in [2.45, 2.75) is 26.7 Å². The molecule has 1 aromatic carbocycles. The summed E-state index contributed by atoms with van der Waals surface area (Å²) in [5.41, 5.74) is -0.111.